The van der Waals surface area contributed by atoms with Gasteiger partial charge < -0.3 is 9.67 Å². The average molecular weight is 388 g/mol. The van der Waals surface area contributed by atoms with E-state index in [1.165, 1.54) is 0 Å². The number of aromatic nitrogens is 5. The van der Waals surface area contributed by atoms with E-state index in [0.717, 1.165) is 34.5 Å². The Morgan fingerprint density at radius 2 is 1.86 bits per heavy atom. The molecule has 1 N–H and O–H groups in total. The van der Waals surface area contributed by atoms with Crippen LogP contribution in [0.2, 0.25) is 0 Å². The Balaban J connectivity index is 1.71. The van der Waals surface area contributed by atoms with Crippen molar-refractivity contribution in [2.75, 3.05) is 7.05 Å². The molecule has 0 radical (unpaired) electrons. The van der Waals surface area contributed by atoms with E-state index in [0.29, 0.717) is 12.4 Å². The van der Waals surface area contributed by atoms with Gasteiger partial charge >= 0.3 is 0 Å². The minimum Gasteiger partial charge on any atom is -0.508 e. The predicted molar refractivity (Wildman–Crippen MR) is 112 cm³/mol. The van der Waals surface area contributed by atoms with Crippen molar-refractivity contribution in [1.29, 1.82) is 0 Å². The van der Waals surface area contributed by atoms with Crippen LogP contribution >= 0.6 is 0 Å². The number of rotatable bonds is 6. The molecule has 148 valence electrons. The summed E-state index contributed by atoms with van der Waals surface area (Å²) >= 11 is 0. The maximum atomic E-state index is 9.48. The molecule has 0 fully saturated rings. The van der Waals surface area contributed by atoms with E-state index in [2.05, 4.69) is 33.3 Å². The lowest BCUT2D eigenvalue weighted by Gasteiger charge is -2.17. The van der Waals surface area contributed by atoms with Gasteiger partial charge in [-0.05, 0) is 50.7 Å². The van der Waals surface area contributed by atoms with Crippen LogP contribution in [-0.4, -0.2) is 41.6 Å². The quantitative estimate of drug-likeness (QED) is 0.541. The van der Waals surface area contributed by atoms with E-state index in [1.54, 1.807) is 24.5 Å². The first kappa shape index (κ1) is 19.0. The summed E-state index contributed by atoms with van der Waals surface area (Å²) in [6.07, 6.45) is 5.36. The lowest BCUT2D eigenvalue weighted by atomic mass is 10.2. The Morgan fingerprint density at radius 3 is 2.55 bits per heavy atom. The Hall–Kier alpha value is -3.32. The maximum absolute atomic E-state index is 9.48. The van der Waals surface area contributed by atoms with Crippen molar-refractivity contribution in [3.8, 4) is 17.1 Å². The maximum Gasteiger partial charge on any atom is 0.164 e. The lowest BCUT2D eigenvalue weighted by molar-refractivity contribution is 0.316. The third-order valence-corrected chi connectivity index (χ3v) is 4.78. The number of phenolic OH excluding ortho intramolecular Hbond substituents is 1. The van der Waals surface area contributed by atoms with Crippen LogP contribution in [0.3, 0.4) is 0 Å². The number of pyridine rings is 1. The molecule has 0 saturated carbocycles. The van der Waals surface area contributed by atoms with Crippen LogP contribution in [0.5, 0.6) is 5.75 Å². The van der Waals surface area contributed by atoms with Gasteiger partial charge in [-0.15, -0.1) is 0 Å². The second-order valence-corrected chi connectivity index (χ2v) is 7.49. The SMILES string of the molecule is CC(C)n1cnc2c(CN(C)Cc3ccc(O)cc3)nc(-c3cccnc3)nc21. The number of fused-ring (bicyclic) bond motifs is 1. The van der Waals surface area contributed by atoms with E-state index >= 15 is 0 Å². The van der Waals surface area contributed by atoms with Crippen molar-refractivity contribution < 1.29 is 5.11 Å². The summed E-state index contributed by atoms with van der Waals surface area (Å²) in [6.45, 7) is 5.59. The van der Waals surface area contributed by atoms with Gasteiger partial charge in [0.05, 0.1) is 12.0 Å². The number of hydrogen-bond donors (Lipinski definition) is 1. The zero-order valence-corrected chi connectivity index (χ0v) is 16.8. The van der Waals surface area contributed by atoms with Crippen molar-refractivity contribution >= 4 is 11.2 Å². The Kier molecular flexibility index (Phi) is 5.22. The molecule has 0 bridgehead atoms. The van der Waals surface area contributed by atoms with Gasteiger partial charge in [-0.2, -0.15) is 0 Å². The topological polar surface area (TPSA) is 80.0 Å². The van der Waals surface area contributed by atoms with Gasteiger partial charge in [-0.3, -0.25) is 9.88 Å². The first-order chi connectivity index (χ1) is 14.0. The smallest absolute Gasteiger partial charge is 0.164 e. The average Bonchev–Trinajstić information content (AvgIpc) is 3.15. The molecular weight excluding hydrogens is 364 g/mol. The molecule has 3 aromatic heterocycles. The summed E-state index contributed by atoms with van der Waals surface area (Å²) in [5.74, 6) is 0.926. The summed E-state index contributed by atoms with van der Waals surface area (Å²) in [5.41, 5.74) is 4.55. The first-order valence-electron chi connectivity index (χ1n) is 9.61. The van der Waals surface area contributed by atoms with Crippen LogP contribution < -0.4 is 0 Å². The fourth-order valence-electron chi connectivity index (χ4n) is 3.31. The third-order valence-electron chi connectivity index (χ3n) is 4.78. The van der Waals surface area contributed by atoms with Crippen molar-refractivity contribution in [3.63, 3.8) is 0 Å². The van der Waals surface area contributed by atoms with Gasteiger partial charge in [0.2, 0.25) is 0 Å². The molecule has 0 amide bonds. The monoisotopic (exact) mass is 388 g/mol. The number of aromatic hydroxyl groups is 1. The molecule has 0 saturated heterocycles. The van der Waals surface area contributed by atoms with Crippen molar-refractivity contribution in [3.05, 3.63) is 66.4 Å². The molecule has 29 heavy (non-hydrogen) atoms. The molecule has 0 spiro atoms. The molecule has 0 atom stereocenters. The summed E-state index contributed by atoms with van der Waals surface area (Å²) in [5, 5.41) is 9.48. The van der Waals surface area contributed by atoms with Crippen LogP contribution in [0.1, 0.15) is 31.1 Å². The van der Waals surface area contributed by atoms with Crippen LogP contribution in [0.25, 0.3) is 22.6 Å². The summed E-state index contributed by atoms with van der Waals surface area (Å²) in [6, 6.07) is 11.4. The molecule has 4 rings (SSSR count). The molecule has 0 aliphatic rings. The highest BCUT2D eigenvalue weighted by Gasteiger charge is 2.17. The van der Waals surface area contributed by atoms with Crippen molar-refractivity contribution in [1.82, 2.24) is 29.4 Å². The fourth-order valence-corrected chi connectivity index (χ4v) is 3.31. The van der Waals surface area contributed by atoms with Gasteiger partial charge in [-0.1, -0.05) is 12.1 Å². The summed E-state index contributed by atoms with van der Waals surface area (Å²) < 4.78 is 2.07. The second kappa shape index (κ2) is 7.97. The zero-order valence-electron chi connectivity index (χ0n) is 16.8. The number of hydrogen-bond acceptors (Lipinski definition) is 6. The second-order valence-electron chi connectivity index (χ2n) is 7.49. The highest BCUT2D eigenvalue weighted by atomic mass is 16.3. The lowest BCUT2D eigenvalue weighted by Crippen LogP contribution is -2.19. The predicted octanol–water partition coefficient (Wildman–Crippen LogP) is 3.81. The Bertz CT molecular complexity index is 1110. The van der Waals surface area contributed by atoms with Gasteiger partial charge in [0, 0.05) is 37.1 Å². The third kappa shape index (κ3) is 4.09. The number of imidazole rings is 1. The van der Waals surface area contributed by atoms with Gasteiger partial charge in [0.1, 0.15) is 11.3 Å². The molecule has 3 heterocycles. The molecular formula is C22H24N6O. The molecule has 4 aromatic rings. The van der Waals surface area contributed by atoms with Crippen LogP contribution in [0, 0.1) is 0 Å². The molecule has 0 aliphatic heterocycles. The van der Waals surface area contributed by atoms with Crippen LogP contribution in [0.4, 0.5) is 0 Å². The highest BCUT2D eigenvalue weighted by molar-refractivity contribution is 5.76. The Morgan fingerprint density at radius 1 is 1.07 bits per heavy atom. The van der Waals surface area contributed by atoms with Gasteiger partial charge in [0.15, 0.2) is 11.5 Å². The van der Waals surface area contributed by atoms with Gasteiger partial charge in [0.25, 0.3) is 0 Å². The van der Waals surface area contributed by atoms with E-state index in [-0.39, 0.29) is 11.8 Å². The summed E-state index contributed by atoms with van der Waals surface area (Å²) in [7, 11) is 2.05. The number of phenols is 1. The first-order valence-corrected chi connectivity index (χ1v) is 9.61. The molecule has 7 heteroatoms. The van der Waals surface area contributed by atoms with Crippen LogP contribution in [-0.2, 0) is 13.1 Å². The standard InChI is InChI=1S/C22H24N6O/c1-15(2)28-14-24-20-19(13-27(3)12-16-6-8-18(29)9-7-16)25-21(26-22(20)28)17-5-4-10-23-11-17/h4-11,14-15,29H,12-13H2,1-3H3. The van der Waals surface area contributed by atoms with E-state index in [9.17, 15) is 5.11 Å². The van der Waals surface area contributed by atoms with E-state index in [4.69, 9.17) is 9.97 Å². The number of benzene rings is 1. The Labute approximate surface area is 169 Å². The van der Waals surface area contributed by atoms with Crippen LogP contribution in [0.15, 0.2) is 55.1 Å². The zero-order chi connectivity index (χ0) is 20.4. The van der Waals surface area contributed by atoms with Crippen molar-refractivity contribution in [2.24, 2.45) is 0 Å². The van der Waals surface area contributed by atoms with E-state index in [1.807, 2.05) is 37.6 Å². The normalized spacial score (nSPS) is 11.6. The van der Waals surface area contributed by atoms with Gasteiger partial charge in [-0.25, -0.2) is 15.0 Å². The molecule has 7 nitrogen and oxygen atoms in total. The van der Waals surface area contributed by atoms with E-state index < -0.39 is 0 Å². The summed E-state index contributed by atoms with van der Waals surface area (Å²) in [4.78, 5) is 20.6. The largest absolute Gasteiger partial charge is 0.508 e. The highest BCUT2D eigenvalue weighted by Crippen LogP contribution is 2.24. The minimum absolute atomic E-state index is 0.249. The molecule has 0 aliphatic carbocycles. The fraction of sp³-hybridized carbons (Fsp3) is 0.273. The van der Waals surface area contributed by atoms with Crippen molar-refractivity contribution in [2.45, 2.75) is 33.0 Å². The number of nitrogens with zero attached hydrogens (tertiary/aromatic N) is 6. The molecule has 0 unspecified atom stereocenters. The molecule has 1 aromatic carbocycles. The minimum atomic E-state index is 0.249.